The molecule has 0 radical (unpaired) electrons. The van der Waals surface area contributed by atoms with Crippen molar-refractivity contribution in [1.82, 2.24) is 0 Å². The van der Waals surface area contributed by atoms with E-state index in [-0.39, 0.29) is 0 Å². The summed E-state index contributed by atoms with van der Waals surface area (Å²) in [6.45, 7) is 8.67. The van der Waals surface area contributed by atoms with Crippen molar-refractivity contribution in [1.29, 1.82) is 0 Å². The van der Waals surface area contributed by atoms with Gasteiger partial charge in [-0.05, 0) is 0 Å². The summed E-state index contributed by atoms with van der Waals surface area (Å²) in [6.07, 6.45) is 4.88. The number of allylic oxidation sites excluding steroid dienone is 2. The van der Waals surface area contributed by atoms with Gasteiger partial charge in [0.2, 0.25) is 0 Å². The summed E-state index contributed by atoms with van der Waals surface area (Å²) in [5.41, 5.74) is 0. The van der Waals surface area contributed by atoms with Crippen LogP contribution in [0.4, 0.5) is 0 Å². The predicted octanol–water partition coefficient (Wildman–Crippen LogP) is 2.18. The minimum absolute atomic E-state index is 0.369. The molecule has 0 rings (SSSR count). The lowest BCUT2D eigenvalue weighted by atomic mass is 10.4. The van der Waals surface area contributed by atoms with Gasteiger partial charge in [0, 0.05) is 12.8 Å². The molecule has 0 aromatic rings. The maximum atomic E-state index is 5.16. The first-order chi connectivity index (χ1) is 8.91. The van der Waals surface area contributed by atoms with E-state index in [1.54, 1.807) is 12.2 Å². The highest BCUT2D eigenvalue weighted by Crippen LogP contribution is 1.77. The topological polar surface area (TPSA) is 18.5 Å². The Morgan fingerprint density at radius 3 is 1.28 bits per heavy atom. The molecule has 0 N–H and O–H groups in total. The molecule has 0 aliphatic carbocycles. The number of ether oxygens (including phenoxy) is 2. The van der Waals surface area contributed by atoms with Crippen LogP contribution in [-0.4, -0.2) is 26.4 Å². The van der Waals surface area contributed by atoms with E-state index in [1.807, 2.05) is 0 Å². The first-order valence-corrected chi connectivity index (χ1v) is 5.66. The maximum absolute atomic E-state index is 5.16. The van der Waals surface area contributed by atoms with Gasteiger partial charge in [-0.1, -0.05) is 47.7 Å². The Balaban J connectivity index is 3.35. The van der Waals surface area contributed by atoms with Crippen LogP contribution in [0.25, 0.3) is 0 Å². The molecule has 94 valence electrons. The van der Waals surface area contributed by atoms with Gasteiger partial charge in [-0.3, -0.25) is 0 Å². The lowest BCUT2D eigenvalue weighted by Crippen LogP contribution is -1.94. The normalized spacial score (nSPS) is 7.78. The van der Waals surface area contributed by atoms with Crippen LogP contribution in [-0.2, 0) is 9.47 Å². The van der Waals surface area contributed by atoms with Crippen LogP contribution in [0.15, 0.2) is 25.3 Å². The second-order valence-corrected chi connectivity index (χ2v) is 3.03. The predicted molar refractivity (Wildman–Crippen MR) is 74.6 cm³/mol. The van der Waals surface area contributed by atoms with Crippen molar-refractivity contribution in [2.24, 2.45) is 0 Å². The Bertz CT molecular complexity index is 364. The molecule has 2 nitrogen and oxygen atoms in total. The van der Waals surface area contributed by atoms with Gasteiger partial charge in [-0.15, -0.1) is 13.2 Å². The van der Waals surface area contributed by atoms with Gasteiger partial charge in [0.05, 0.1) is 0 Å². The molecule has 0 aromatic carbocycles. The van der Waals surface area contributed by atoms with Crippen LogP contribution in [0.1, 0.15) is 12.8 Å². The molecular formula is C16H18O2. The molecule has 0 aromatic heterocycles. The van der Waals surface area contributed by atoms with E-state index in [0.29, 0.717) is 39.3 Å². The van der Waals surface area contributed by atoms with Crippen LogP contribution in [0.3, 0.4) is 0 Å². The van der Waals surface area contributed by atoms with Crippen molar-refractivity contribution in [2.45, 2.75) is 12.8 Å². The number of rotatable bonds is 6. The molecule has 0 aliphatic heterocycles. The summed E-state index contributed by atoms with van der Waals surface area (Å²) in [7, 11) is 0. The summed E-state index contributed by atoms with van der Waals surface area (Å²) >= 11 is 0. The largest absolute Gasteiger partial charge is 0.356 e. The van der Waals surface area contributed by atoms with Gasteiger partial charge in [0.15, 0.2) is 0 Å². The molecule has 0 heterocycles. The molecule has 0 fully saturated rings. The zero-order chi connectivity index (χ0) is 13.3. The van der Waals surface area contributed by atoms with E-state index in [2.05, 4.69) is 48.7 Å². The SMILES string of the molecule is C=CCC#CCOCC#CCOCC#CCC=C. The van der Waals surface area contributed by atoms with Gasteiger partial charge in [0.25, 0.3) is 0 Å². The molecule has 0 unspecified atom stereocenters. The van der Waals surface area contributed by atoms with Crippen molar-refractivity contribution < 1.29 is 9.47 Å². The van der Waals surface area contributed by atoms with Gasteiger partial charge >= 0.3 is 0 Å². The smallest absolute Gasteiger partial charge is 0.109 e. The number of hydrogen-bond acceptors (Lipinski definition) is 2. The maximum Gasteiger partial charge on any atom is 0.109 e. The molecule has 0 aliphatic rings. The summed E-state index contributed by atoms with van der Waals surface area (Å²) < 4.78 is 10.3. The highest BCUT2D eigenvalue weighted by molar-refractivity contribution is 5.05. The molecule has 0 atom stereocenters. The van der Waals surface area contributed by atoms with E-state index in [0.717, 1.165) is 0 Å². The zero-order valence-corrected chi connectivity index (χ0v) is 10.6. The lowest BCUT2D eigenvalue weighted by Gasteiger charge is -1.91. The molecule has 2 heteroatoms. The highest BCUT2D eigenvalue weighted by atomic mass is 16.5. The molecule has 0 amide bonds. The van der Waals surface area contributed by atoms with Crippen molar-refractivity contribution in [3.63, 3.8) is 0 Å². The Kier molecular flexibility index (Phi) is 13.5. The standard InChI is InChI=1S/C16H18O2/c1-3-5-7-9-13-17-15-11-12-16-18-14-10-8-6-4-2/h3-4H,1-2,5-6,13-16H2. The fraction of sp³-hybridized carbons (Fsp3) is 0.375. The van der Waals surface area contributed by atoms with Crippen LogP contribution in [0, 0.1) is 35.5 Å². The van der Waals surface area contributed by atoms with Crippen LogP contribution >= 0.6 is 0 Å². The Hall–Kier alpha value is -1.92. The van der Waals surface area contributed by atoms with Crippen LogP contribution in [0.5, 0.6) is 0 Å². The van der Waals surface area contributed by atoms with E-state index in [4.69, 9.17) is 9.47 Å². The highest BCUT2D eigenvalue weighted by Gasteiger charge is 1.79. The second kappa shape index (κ2) is 15.1. The van der Waals surface area contributed by atoms with Gasteiger partial charge in [0.1, 0.15) is 26.4 Å². The quantitative estimate of drug-likeness (QED) is 0.404. The fourth-order valence-corrected chi connectivity index (χ4v) is 0.799. The summed E-state index contributed by atoms with van der Waals surface area (Å²) in [5.74, 6) is 17.1. The second-order valence-electron chi connectivity index (χ2n) is 3.03. The lowest BCUT2D eigenvalue weighted by molar-refractivity contribution is 0.198. The van der Waals surface area contributed by atoms with E-state index < -0.39 is 0 Å². The fourth-order valence-electron chi connectivity index (χ4n) is 0.799. The van der Waals surface area contributed by atoms with Gasteiger partial charge in [-0.25, -0.2) is 0 Å². The summed E-state index contributed by atoms with van der Waals surface area (Å²) in [6, 6.07) is 0. The van der Waals surface area contributed by atoms with Crippen molar-refractivity contribution in [3.05, 3.63) is 25.3 Å². The molecule has 0 spiro atoms. The Morgan fingerprint density at radius 2 is 0.944 bits per heavy atom. The Labute approximate surface area is 110 Å². The average Bonchev–Trinajstić information content (AvgIpc) is 2.39. The average molecular weight is 242 g/mol. The third-order valence-electron chi connectivity index (χ3n) is 1.56. The van der Waals surface area contributed by atoms with Crippen molar-refractivity contribution >= 4 is 0 Å². The minimum Gasteiger partial charge on any atom is -0.356 e. The monoisotopic (exact) mass is 242 g/mol. The molecule has 0 bridgehead atoms. The van der Waals surface area contributed by atoms with Crippen molar-refractivity contribution in [2.75, 3.05) is 26.4 Å². The number of hydrogen-bond donors (Lipinski definition) is 0. The first kappa shape index (κ1) is 16.1. The van der Waals surface area contributed by atoms with E-state index >= 15 is 0 Å². The van der Waals surface area contributed by atoms with E-state index in [1.165, 1.54) is 0 Å². The van der Waals surface area contributed by atoms with Gasteiger partial charge < -0.3 is 9.47 Å². The molecular weight excluding hydrogens is 224 g/mol. The van der Waals surface area contributed by atoms with Gasteiger partial charge in [-0.2, -0.15) is 0 Å². The Morgan fingerprint density at radius 1 is 0.611 bits per heavy atom. The molecule has 18 heavy (non-hydrogen) atoms. The van der Waals surface area contributed by atoms with Crippen LogP contribution in [0.2, 0.25) is 0 Å². The van der Waals surface area contributed by atoms with Crippen molar-refractivity contribution in [3.8, 4) is 35.5 Å². The third kappa shape index (κ3) is 14.1. The third-order valence-corrected chi connectivity index (χ3v) is 1.56. The van der Waals surface area contributed by atoms with E-state index in [9.17, 15) is 0 Å². The summed E-state index contributed by atoms with van der Waals surface area (Å²) in [5, 5.41) is 0. The first-order valence-electron chi connectivity index (χ1n) is 5.66. The summed E-state index contributed by atoms with van der Waals surface area (Å²) in [4.78, 5) is 0. The van der Waals surface area contributed by atoms with Crippen LogP contribution < -0.4 is 0 Å². The zero-order valence-electron chi connectivity index (χ0n) is 10.6. The molecule has 0 saturated heterocycles. The minimum atomic E-state index is 0.369. The molecule has 0 saturated carbocycles.